The van der Waals surface area contributed by atoms with Gasteiger partial charge in [-0.2, -0.15) is 5.10 Å². The van der Waals surface area contributed by atoms with Gasteiger partial charge in [-0.3, -0.25) is 14.5 Å². The fraction of sp³-hybridized carbons (Fsp3) is 0.562. The van der Waals surface area contributed by atoms with E-state index in [0.29, 0.717) is 5.92 Å². The molecular weight excluding hydrogens is 266 g/mol. The molecule has 1 aliphatic carbocycles. The number of pyridine rings is 1. The van der Waals surface area contributed by atoms with E-state index in [2.05, 4.69) is 16.1 Å². The summed E-state index contributed by atoms with van der Waals surface area (Å²) in [5, 5.41) is 13.4. The molecule has 5 nitrogen and oxygen atoms in total. The monoisotopic (exact) mass is 287 g/mol. The molecular formula is C16H21N3O2. The predicted molar refractivity (Wildman–Crippen MR) is 80.0 cm³/mol. The van der Waals surface area contributed by atoms with Crippen LogP contribution in [-0.2, 0) is 18.3 Å². The Morgan fingerprint density at radius 3 is 2.76 bits per heavy atom. The molecule has 0 unspecified atom stereocenters. The molecule has 1 aliphatic rings. The van der Waals surface area contributed by atoms with Crippen LogP contribution in [0.5, 0.6) is 0 Å². The third-order valence-corrected chi connectivity index (χ3v) is 4.64. The molecule has 0 aliphatic heterocycles. The average Bonchev–Trinajstić information content (AvgIpc) is 2.74. The lowest BCUT2D eigenvalue weighted by atomic mass is 9.79. The van der Waals surface area contributed by atoms with Gasteiger partial charge in [0.15, 0.2) is 0 Å². The third-order valence-electron chi connectivity index (χ3n) is 4.64. The molecule has 2 aromatic heterocycles. The Morgan fingerprint density at radius 2 is 2.10 bits per heavy atom. The number of fused-ring (bicyclic) bond motifs is 1. The summed E-state index contributed by atoms with van der Waals surface area (Å²) >= 11 is 0. The first-order valence-corrected chi connectivity index (χ1v) is 7.55. The zero-order chi connectivity index (χ0) is 15.0. The zero-order valence-corrected chi connectivity index (χ0v) is 12.5. The lowest BCUT2D eigenvalue weighted by Crippen LogP contribution is -2.22. The van der Waals surface area contributed by atoms with Crippen molar-refractivity contribution in [3.05, 3.63) is 23.5 Å². The summed E-state index contributed by atoms with van der Waals surface area (Å²) in [6.07, 6.45) is 6.54. The van der Waals surface area contributed by atoms with Gasteiger partial charge in [0.1, 0.15) is 5.52 Å². The quantitative estimate of drug-likeness (QED) is 0.942. The van der Waals surface area contributed by atoms with Crippen molar-refractivity contribution in [2.24, 2.45) is 18.9 Å². The van der Waals surface area contributed by atoms with Gasteiger partial charge >= 0.3 is 5.97 Å². The van der Waals surface area contributed by atoms with Gasteiger partial charge in [-0.15, -0.1) is 0 Å². The second-order valence-corrected chi connectivity index (χ2v) is 6.18. The maximum absolute atomic E-state index is 11.0. The number of carbonyl (C=O) groups is 1. The second kappa shape index (κ2) is 5.47. The van der Waals surface area contributed by atoms with E-state index in [1.165, 1.54) is 5.56 Å². The molecule has 1 N–H and O–H groups in total. The van der Waals surface area contributed by atoms with Gasteiger partial charge < -0.3 is 5.11 Å². The Hall–Kier alpha value is -1.91. The number of nitrogens with zero attached hydrogens (tertiary/aromatic N) is 3. The van der Waals surface area contributed by atoms with Crippen LogP contribution in [0.2, 0.25) is 0 Å². The van der Waals surface area contributed by atoms with E-state index in [9.17, 15) is 4.79 Å². The van der Waals surface area contributed by atoms with Crippen LogP contribution in [-0.4, -0.2) is 25.8 Å². The Bertz CT molecular complexity index is 669. The summed E-state index contributed by atoms with van der Waals surface area (Å²) in [7, 11) is 1.94. The van der Waals surface area contributed by atoms with Gasteiger partial charge in [-0.05, 0) is 56.6 Å². The van der Waals surface area contributed by atoms with Crippen molar-refractivity contribution in [3.8, 4) is 0 Å². The number of rotatable bonds is 3. The molecule has 1 saturated carbocycles. The molecule has 3 rings (SSSR count). The van der Waals surface area contributed by atoms with Crippen molar-refractivity contribution in [2.75, 3.05) is 0 Å². The van der Waals surface area contributed by atoms with E-state index in [-0.39, 0.29) is 5.92 Å². The highest BCUT2D eigenvalue weighted by Gasteiger charge is 2.26. The standard InChI is InChI=1S/C16H21N3O2/c1-10-15-14(19(2)18-10)8-12(9-17-15)7-11-3-5-13(6-4-11)16(20)21/h8-9,11,13H,3-7H2,1-2H3,(H,20,21). The van der Waals surface area contributed by atoms with Gasteiger partial charge in [0.2, 0.25) is 0 Å². The molecule has 0 atom stereocenters. The number of hydrogen-bond donors (Lipinski definition) is 1. The van der Waals surface area contributed by atoms with Crippen molar-refractivity contribution in [1.82, 2.24) is 14.8 Å². The number of carboxylic acids is 1. The van der Waals surface area contributed by atoms with Crippen LogP contribution in [0.4, 0.5) is 0 Å². The van der Waals surface area contributed by atoms with Gasteiger partial charge in [0.25, 0.3) is 0 Å². The highest BCUT2D eigenvalue weighted by molar-refractivity contribution is 5.77. The lowest BCUT2D eigenvalue weighted by molar-refractivity contribution is -0.143. The molecule has 0 aromatic carbocycles. The number of hydrogen-bond acceptors (Lipinski definition) is 3. The van der Waals surface area contributed by atoms with Gasteiger partial charge in [0.05, 0.1) is 17.1 Å². The lowest BCUT2D eigenvalue weighted by Gasteiger charge is -2.26. The van der Waals surface area contributed by atoms with E-state index < -0.39 is 5.97 Å². The fourth-order valence-electron chi connectivity index (χ4n) is 3.40. The second-order valence-electron chi connectivity index (χ2n) is 6.18. The maximum Gasteiger partial charge on any atom is 0.306 e. The first-order valence-electron chi connectivity index (χ1n) is 7.55. The predicted octanol–water partition coefficient (Wildman–Crippen LogP) is 2.71. The Morgan fingerprint density at radius 1 is 1.38 bits per heavy atom. The summed E-state index contributed by atoms with van der Waals surface area (Å²) in [5.41, 5.74) is 4.23. The minimum Gasteiger partial charge on any atom is -0.481 e. The molecule has 1 fully saturated rings. The topological polar surface area (TPSA) is 68.0 Å². The molecule has 0 saturated heterocycles. The van der Waals surface area contributed by atoms with Gasteiger partial charge in [-0.1, -0.05) is 0 Å². The van der Waals surface area contributed by atoms with Crippen molar-refractivity contribution in [3.63, 3.8) is 0 Å². The van der Waals surface area contributed by atoms with Crippen LogP contribution in [0.1, 0.15) is 36.9 Å². The van der Waals surface area contributed by atoms with Crippen LogP contribution in [0.3, 0.4) is 0 Å². The summed E-state index contributed by atoms with van der Waals surface area (Å²) in [5.74, 6) is -0.197. The Kier molecular flexibility index (Phi) is 3.66. The molecule has 0 radical (unpaired) electrons. The van der Waals surface area contributed by atoms with E-state index in [4.69, 9.17) is 5.11 Å². The first-order chi connectivity index (χ1) is 10.0. The molecule has 0 bridgehead atoms. The molecule has 2 heterocycles. The van der Waals surface area contributed by atoms with Crippen LogP contribution in [0, 0.1) is 18.8 Å². The van der Waals surface area contributed by atoms with Crippen molar-refractivity contribution < 1.29 is 9.90 Å². The number of aliphatic carboxylic acids is 1. The minimum absolute atomic E-state index is 0.137. The molecule has 5 heteroatoms. The normalized spacial score (nSPS) is 22.6. The summed E-state index contributed by atoms with van der Waals surface area (Å²) in [6, 6.07) is 2.17. The van der Waals surface area contributed by atoms with Crippen molar-refractivity contribution in [1.29, 1.82) is 0 Å². The van der Waals surface area contributed by atoms with E-state index in [1.807, 2.05) is 24.9 Å². The number of aryl methyl sites for hydroxylation is 2. The SMILES string of the molecule is Cc1nn(C)c2cc(CC3CCC(C(=O)O)CC3)cnc12. The zero-order valence-electron chi connectivity index (χ0n) is 12.5. The molecule has 21 heavy (non-hydrogen) atoms. The van der Waals surface area contributed by atoms with Gasteiger partial charge in [0, 0.05) is 13.2 Å². The summed E-state index contributed by atoms with van der Waals surface area (Å²) in [6.45, 7) is 1.97. The van der Waals surface area contributed by atoms with E-state index >= 15 is 0 Å². The molecule has 2 aromatic rings. The number of aromatic nitrogens is 3. The highest BCUT2D eigenvalue weighted by atomic mass is 16.4. The maximum atomic E-state index is 11.0. The highest BCUT2D eigenvalue weighted by Crippen LogP contribution is 2.31. The molecule has 112 valence electrons. The fourth-order valence-corrected chi connectivity index (χ4v) is 3.40. The van der Waals surface area contributed by atoms with Crippen molar-refractivity contribution in [2.45, 2.75) is 39.0 Å². The smallest absolute Gasteiger partial charge is 0.306 e. The number of carboxylic acid groups (broad SMARTS) is 1. The summed E-state index contributed by atoms with van der Waals surface area (Å²) < 4.78 is 1.88. The first kappa shape index (κ1) is 14.0. The van der Waals surface area contributed by atoms with E-state index in [0.717, 1.165) is 48.8 Å². The van der Waals surface area contributed by atoms with Crippen LogP contribution >= 0.6 is 0 Å². The Labute approximate surface area is 124 Å². The third kappa shape index (κ3) is 2.77. The minimum atomic E-state index is -0.637. The van der Waals surface area contributed by atoms with Crippen LogP contribution in [0.15, 0.2) is 12.3 Å². The van der Waals surface area contributed by atoms with Crippen LogP contribution < -0.4 is 0 Å². The van der Waals surface area contributed by atoms with E-state index in [1.54, 1.807) is 0 Å². The van der Waals surface area contributed by atoms with Crippen LogP contribution in [0.25, 0.3) is 11.0 Å². The largest absolute Gasteiger partial charge is 0.481 e. The van der Waals surface area contributed by atoms with Gasteiger partial charge in [-0.25, -0.2) is 0 Å². The summed E-state index contributed by atoms with van der Waals surface area (Å²) in [4.78, 5) is 15.5. The Balaban J connectivity index is 1.71. The average molecular weight is 287 g/mol. The molecule has 0 amide bonds. The molecule has 0 spiro atoms. The van der Waals surface area contributed by atoms with Crippen molar-refractivity contribution >= 4 is 17.0 Å².